The molecule has 0 amide bonds. The predicted molar refractivity (Wildman–Crippen MR) is 90.4 cm³/mol. The van der Waals surface area contributed by atoms with Crippen LogP contribution in [0.5, 0.6) is 0 Å². The number of hydrogen-bond donors (Lipinski definition) is 1. The molecule has 0 radical (unpaired) electrons. The summed E-state index contributed by atoms with van der Waals surface area (Å²) in [6.45, 7) is 5.58. The normalized spacial score (nSPS) is 24.6. The maximum Gasteiger partial charge on any atom is 0.0410 e. The molecule has 1 aromatic rings. The first-order valence-corrected chi connectivity index (χ1v) is 8.68. The molecule has 1 aliphatic heterocycles. The van der Waals surface area contributed by atoms with E-state index in [0.29, 0.717) is 12.0 Å². The molecule has 1 saturated heterocycles. The molecule has 1 N–H and O–H groups in total. The fourth-order valence-electron chi connectivity index (χ4n) is 3.34. The van der Waals surface area contributed by atoms with E-state index in [4.69, 9.17) is 11.6 Å². The highest BCUT2D eigenvalue weighted by Crippen LogP contribution is 2.39. The molecular weight excluding hydrogens is 336 g/mol. The van der Waals surface area contributed by atoms with E-state index in [1.807, 2.05) is 13.1 Å². The van der Waals surface area contributed by atoms with Crippen molar-refractivity contribution < 1.29 is 0 Å². The highest BCUT2D eigenvalue weighted by Gasteiger charge is 2.31. The molecule has 0 saturated carbocycles. The number of hydrogen-bond acceptors (Lipinski definition) is 2. The quantitative estimate of drug-likeness (QED) is 0.852. The van der Waals surface area contributed by atoms with Crippen LogP contribution in [-0.4, -0.2) is 31.6 Å². The maximum absolute atomic E-state index is 6.24. The van der Waals surface area contributed by atoms with Gasteiger partial charge in [-0.15, -0.1) is 0 Å². The van der Waals surface area contributed by atoms with Crippen molar-refractivity contribution in [1.29, 1.82) is 0 Å². The first-order chi connectivity index (χ1) is 9.67. The fourth-order valence-corrected chi connectivity index (χ4v) is 4.00. The Bertz CT molecular complexity index is 438. The van der Waals surface area contributed by atoms with Gasteiger partial charge in [0, 0.05) is 15.5 Å². The van der Waals surface area contributed by atoms with Gasteiger partial charge in [0.1, 0.15) is 0 Å². The van der Waals surface area contributed by atoms with Crippen LogP contribution >= 0.6 is 27.5 Å². The van der Waals surface area contributed by atoms with Crippen molar-refractivity contribution in [3.8, 4) is 0 Å². The van der Waals surface area contributed by atoms with Crippen molar-refractivity contribution in [3.63, 3.8) is 0 Å². The molecule has 4 heteroatoms. The molecule has 1 aromatic carbocycles. The lowest BCUT2D eigenvalue weighted by Gasteiger charge is -2.35. The van der Waals surface area contributed by atoms with Gasteiger partial charge in [-0.05, 0) is 69.2 Å². The van der Waals surface area contributed by atoms with E-state index in [-0.39, 0.29) is 0 Å². The minimum absolute atomic E-state index is 0.447. The number of nitrogens with one attached hydrogen (secondary N) is 1. The summed E-state index contributed by atoms with van der Waals surface area (Å²) in [5.74, 6) is 0.636. The molecule has 0 bridgehead atoms. The summed E-state index contributed by atoms with van der Waals surface area (Å²) in [6, 6.07) is 6.61. The van der Waals surface area contributed by atoms with Gasteiger partial charge in [0.05, 0.1) is 0 Å². The molecule has 1 heterocycles. The van der Waals surface area contributed by atoms with Gasteiger partial charge in [-0.1, -0.05) is 40.9 Å². The molecule has 2 atom stereocenters. The Morgan fingerprint density at radius 2 is 2.20 bits per heavy atom. The van der Waals surface area contributed by atoms with Crippen molar-refractivity contribution in [3.05, 3.63) is 33.3 Å². The van der Waals surface area contributed by atoms with Crippen LogP contribution in [0.4, 0.5) is 0 Å². The minimum atomic E-state index is 0.447. The lowest BCUT2D eigenvalue weighted by Crippen LogP contribution is -2.36. The van der Waals surface area contributed by atoms with Gasteiger partial charge in [0.25, 0.3) is 0 Å². The summed E-state index contributed by atoms with van der Waals surface area (Å²) in [4.78, 5) is 2.60. The fraction of sp³-hybridized carbons (Fsp3) is 0.625. The van der Waals surface area contributed by atoms with Gasteiger partial charge in [-0.2, -0.15) is 0 Å². The zero-order valence-corrected chi connectivity index (χ0v) is 14.7. The number of nitrogens with zero attached hydrogens (tertiary/aromatic N) is 1. The predicted octanol–water partition coefficient (Wildman–Crippen LogP) is 4.49. The zero-order valence-electron chi connectivity index (χ0n) is 12.3. The molecule has 2 nitrogen and oxygen atoms in total. The van der Waals surface area contributed by atoms with Crippen LogP contribution in [0.15, 0.2) is 22.7 Å². The van der Waals surface area contributed by atoms with Crippen LogP contribution in [0.1, 0.15) is 37.8 Å². The standard InChI is InChI=1S/C16H24BrClN2/c1-3-20-9-5-4-6-12(11-19-2)16(20)14-10-13(18)7-8-15(14)17/h7-8,10,12,16,19H,3-6,9,11H2,1-2H3. The second-order valence-electron chi connectivity index (χ2n) is 5.55. The smallest absolute Gasteiger partial charge is 0.0410 e. The molecule has 1 aliphatic rings. The van der Waals surface area contributed by atoms with E-state index in [2.05, 4.69) is 45.2 Å². The van der Waals surface area contributed by atoms with E-state index in [1.54, 1.807) is 0 Å². The topological polar surface area (TPSA) is 15.3 Å². The average molecular weight is 360 g/mol. The molecule has 1 fully saturated rings. The third kappa shape index (κ3) is 3.76. The van der Waals surface area contributed by atoms with Gasteiger partial charge in [0.2, 0.25) is 0 Å². The van der Waals surface area contributed by atoms with Crippen molar-refractivity contribution in [2.45, 2.75) is 32.2 Å². The molecular formula is C16H24BrClN2. The minimum Gasteiger partial charge on any atom is -0.319 e. The zero-order chi connectivity index (χ0) is 14.5. The molecule has 112 valence electrons. The van der Waals surface area contributed by atoms with Gasteiger partial charge in [0.15, 0.2) is 0 Å². The number of halogens is 2. The van der Waals surface area contributed by atoms with E-state index >= 15 is 0 Å². The second-order valence-corrected chi connectivity index (χ2v) is 6.84. The molecule has 2 rings (SSSR count). The van der Waals surface area contributed by atoms with Crippen molar-refractivity contribution >= 4 is 27.5 Å². The Morgan fingerprint density at radius 1 is 1.40 bits per heavy atom. The van der Waals surface area contributed by atoms with Crippen LogP contribution in [0, 0.1) is 5.92 Å². The molecule has 2 unspecified atom stereocenters. The Kier molecular flexibility index (Phi) is 6.34. The van der Waals surface area contributed by atoms with Crippen LogP contribution in [0.2, 0.25) is 5.02 Å². The van der Waals surface area contributed by atoms with Crippen LogP contribution in [0.3, 0.4) is 0 Å². The van der Waals surface area contributed by atoms with E-state index in [0.717, 1.165) is 18.1 Å². The Labute approximate surface area is 136 Å². The van der Waals surface area contributed by atoms with E-state index < -0.39 is 0 Å². The third-order valence-electron chi connectivity index (χ3n) is 4.26. The number of benzene rings is 1. The largest absolute Gasteiger partial charge is 0.319 e. The number of likely N-dealkylation sites (tertiary alicyclic amines) is 1. The molecule has 0 aromatic heterocycles. The van der Waals surface area contributed by atoms with Gasteiger partial charge < -0.3 is 5.32 Å². The molecule has 20 heavy (non-hydrogen) atoms. The van der Waals surface area contributed by atoms with E-state index in [9.17, 15) is 0 Å². The summed E-state index contributed by atoms with van der Waals surface area (Å²) in [5, 5.41) is 4.19. The Hall–Kier alpha value is -0.0900. The maximum atomic E-state index is 6.24. The van der Waals surface area contributed by atoms with Crippen LogP contribution < -0.4 is 5.32 Å². The first kappa shape index (κ1) is 16.3. The summed E-state index contributed by atoms with van der Waals surface area (Å²) in [7, 11) is 2.05. The van der Waals surface area contributed by atoms with Crippen molar-refractivity contribution in [1.82, 2.24) is 10.2 Å². The van der Waals surface area contributed by atoms with Gasteiger partial charge in [-0.3, -0.25) is 4.90 Å². The first-order valence-electron chi connectivity index (χ1n) is 7.51. The lowest BCUT2D eigenvalue weighted by atomic mass is 9.89. The van der Waals surface area contributed by atoms with Crippen LogP contribution in [-0.2, 0) is 0 Å². The Balaban J connectivity index is 2.40. The second kappa shape index (κ2) is 7.79. The highest BCUT2D eigenvalue weighted by molar-refractivity contribution is 9.10. The summed E-state index contributed by atoms with van der Waals surface area (Å²) in [5.41, 5.74) is 1.33. The van der Waals surface area contributed by atoms with Gasteiger partial charge in [-0.25, -0.2) is 0 Å². The highest BCUT2D eigenvalue weighted by atomic mass is 79.9. The monoisotopic (exact) mass is 358 g/mol. The molecule has 0 spiro atoms. The average Bonchev–Trinajstić information content (AvgIpc) is 2.64. The van der Waals surface area contributed by atoms with Gasteiger partial charge >= 0.3 is 0 Å². The molecule has 0 aliphatic carbocycles. The summed E-state index contributed by atoms with van der Waals surface area (Å²) >= 11 is 9.96. The SMILES string of the molecule is CCN1CCCCC(CNC)C1c1cc(Cl)ccc1Br. The van der Waals surface area contributed by atoms with E-state index in [1.165, 1.54) is 35.8 Å². The number of rotatable bonds is 4. The Morgan fingerprint density at radius 3 is 2.90 bits per heavy atom. The van der Waals surface area contributed by atoms with Crippen molar-refractivity contribution in [2.24, 2.45) is 5.92 Å². The third-order valence-corrected chi connectivity index (χ3v) is 5.22. The summed E-state index contributed by atoms with van der Waals surface area (Å²) in [6.07, 6.45) is 3.89. The summed E-state index contributed by atoms with van der Waals surface area (Å²) < 4.78 is 1.17. The lowest BCUT2D eigenvalue weighted by molar-refractivity contribution is 0.162. The van der Waals surface area contributed by atoms with Crippen molar-refractivity contribution in [2.75, 3.05) is 26.7 Å². The van der Waals surface area contributed by atoms with Crippen LogP contribution in [0.25, 0.3) is 0 Å².